The number of aryl methyl sites for hydroxylation is 2. The normalized spacial score (nSPS) is 14.0. The van der Waals surface area contributed by atoms with Crippen LogP contribution in [0.3, 0.4) is 0 Å². The van der Waals surface area contributed by atoms with Crippen LogP contribution in [-0.2, 0) is 0 Å². The zero-order valence-corrected chi connectivity index (χ0v) is 16.7. The Labute approximate surface area is 170 Å². The average Bonchev–Trinajstić information content (AvgIpc) is 2.77. The number of anilines is 3. The standard InChI is InChI=1S/C22H24N6O/c1-16-6-7-18(13-17(16)2)26-20-15-24-19(14-25-20)22(29)28-11-9-27(10-12-28)21-5-3-4-8-23-21/h3-8,13-15H,9-12H2,1-2H3,(H,25,26). The minimum absolute atomic E-state index is 0.0871. The predicted octanol–water partition coefficient (Wildman–Crippen LogP) is 3.19. The second-order valence-electron chi connectivity index (χ2n) is 7.18. The van der Waals surface area contributed by atoms with Crippen molar-refractivity contribution in [3.8, 4) is 0 Å². The minimum Gasteiger partial charge on any atom is -0.353 e. The van der Waals surface area contributed by atoms with Crippen molar-refractivity contribution >= 4 is 23.2 Å². The lowest BCUT2D eigenvalue weighted by atomic mass is 10.1. The zero-order valence-electron chi connectivity index (χ0n) is 16.7. The van der Waals surface area contributed by atoms with Gasteiger partial charge in [-0.2, -0.15) is 0 Å². The van der Waals surface area contributed by atoms with E-state index in [9.17, 15) is 4.79 Å². The lowest BCUT2D eigenvalue weighted by Gasteiger charge is -2.35. The first-order valence-corrected chi connectivity index (χ1v) is 9.72. The number of carbonyl (C=O) groups excluding carboxylic acids is 1. The summed E-state index contributed by atoms with van der Waals surface area (Å²) < 4.78 is 0. The van der Waals surface area contributed by atoms with Crippen LogP contribution in [0.4, 0.5) is 17.3 Å². The number of aromatic nitrogens is 3. The van der Waals surface area contributed by atoms with Gasteiger partial charge in [0, 0.05) is 38.1 Å². The molecule has 148 valence electrons. The SMILES string of the molecule is Cc1ccc(Nc2cnc(C(=O)N3CCN(c4ccccn4)CC3)cn2)cc1C. The Bertz CT molecular complexity index is 982. The Morgan fingerprint density at radius 2 is 1.76 bits per heavy atom. The summed E-state index contributed by atoms with van der Waals surface area (Å²) in [6.07, 6.45) is 4.93. The van der Waals surface area contributed by atoms with Gasteiger partial charge in [0.15, 0.2) is 0 Å². The first-order chi connectivity index (χ1) is 14.1. The molecule has 1 aliphatic heterocycles. The maximum absolute atomic E-state index is 12.8. The smallest absolute Gasteiger partial charge is 0.274 e. The highest BCUT2D eigenvalue weighted by Gasteiger charge is 2.23. The summed E-state index contributed by atoms with van der Waals surface area (Å²) in [7, 11) is 0. The lowest BCUT2D eigenvalue weighted by Crippen LogP contribution is -2.49. The van der Waals surface area contributed by atoms with Crippen molar-refractivity contribution in [3.63, 3.8) is 0 Å². The van der Waals surface area contributed by atoms with Gasteiger partial charge in [0.05, 0.1) is 12.4 Å². The van der Waals surface area contributed by atoms with E-state index in [-0.39, 0.29) is 5.91 Å². The topological polar surface area (TPSA) is 74.2 Å². The summed E-state index contributed by atoms with van der Waals surface area (Å²) in [6.45, 7) is 6.93. The van der Waals surface area contributed by atoms with Crippen LogP contribution in [0.1, 0.15) is 21.6 Å². The molecule has 1 aliphatic rings. The van der Waals surface area contributed by atoms with Gasteiger partial charge in [0.1, 0.15) is 17.3 Å². The molecule has 4 rings (SSSR count). The van der Waals surface area contributed by atoms with E-state index in [1.807, 2.05) is 29.2 Å². The van der Waals surface area contributed by atoms with Crippen LogP contribution in [0, 0.1) is 13.8 Å². The first kappa shape index (κ1) is 18.9. The molecule has 1 fully saturated rings. The van der Waals surface area contributed by atoms with E-state index >= 15 is 0 Å². The second kappa shape index (κ2) is 8.26. The highest BCUT2D eigenvalue weighted by molar-refractivity contribution is 5.92. The summed E-state index contributed by atoms with van der Waals surface area (Å²) in [6, 6.07) is 12.0. The Hall–Kier alpha value is -3.48. The molecule has 0 spiro atoms. The summed E-state index contributed by atoms with van der Waals surface area (Å²) in [5.41, 5.74) is 3.76. The van der Waals surface area contributed by atoms with Gasteiger partial charge in [-0.1, -0.05) is 12.1 Å². The number of rotatable bonds is 4. The minimum atomic E-state index is -0.0871. The van der Waals surface area contributed by atoms with E-state index in [1.165, 1.54) is 17.3 Å². The van der Waals surface area contributed by atoms with Gasteiger partial charge in [-0.05, 0) is 49.2 Å². The molecule has 29 heavy (non-hydrogen) atoms. The molecule has 0 radical (unpaired) electrons. The molecule has 0 atom stereocenters. The van der Waals surface area contributed by atoms with Crippen LogP contribution in [0.25, 0.3) is 0 Å². The summed E-state index contributed by atoms with van der Waals surface area (Å²) in [4.78, 5) is 29.8. The van der Waals surface area contributed by atoms with Crippen LogP contribution in [-0.4, -0.2) is 51.9 Å². The highest BCUT2D eigenvalue weighted by Crippen LogP contribution is 2.18. The Morgan fingerprint density at radius 1 is 0.931 bits per heavy atom. The fourth-order valence-corrected chi connectivity index (χ4v) is 3.31. The van der Waals surface area contributed by atoms with Gasteiger partial charge in [-0.25, -0.2) is 15.0 Å². The quantitative estimate of drug-likeness (QED) is 0.740. The third kappa shape index (κ3) is 4.34. The van der Waals surface area contributed by atoms with Crippen LogP contribution in [0.15, 0.2) is 55.0 Å². The van der Waals surface area contributed by atoms with Crippen molar-refractivity contribution in [2.75, 3.05) is 36.4 Å². The van der Waals surface area contributed by atoms with Crippen molar-refractivity contribution in [2.45, 2.75) is 13.8 Å². The van der Waals surface area contributed by atoms with Crippen LogP contribution in [0.2, 0.25) is 0 Å². The number of hydrogen-bond acceptors (Lipinski definition) is 6. The summed E-state index contributed by atoms with van der Waals surface area (Å²) >= 11 is 0. The van der Waals surface area contributed by atoms with Crippen LogP contribution in [0.5, 0.6) is 0 Å². The molecule has 0 bridgehead atoms. The Morgan fingerprint density at radius 3 is 2.41 bits per heavy atom. The molecule has 7 heteroatoms. The van der Waals surface area contributed by atoms with E-state index in [1.54, 1.807) is 12.4 Å². The number of hydrogen-bond donors (Lipinski definition) is 1. The molecule has 0 saturated carbocycles. The number of benzene rings is 1. The van der Waals surface area contributed by atoms with Gasteiger partial charge in [-0.3, -0.25) is 4.79 Å². The maximum atomic E-state index is 12.8. The molecule has 3 heterocycles. The molecule has 1 N–H and O–H groups in total. The molecular formula is C22H24N6O. The monoisotopic (exact) mass is 388 g/mol. The molecule has 2 aromatic heterocycles. The Kier molecular flexibility index (Phi) is 5.37. The summed E-state index contributed by atoms with van der Waals surface area (Å²) in [5, 5.41) is 3.23. The van der Waals surface area contributed by atoms with Gasteiger partial charge < -0.3 is 15.1 Å². The lowest BCUT2D eigenvalue weighted by molar-refractivity contribution is 0.0740. The molecule has 1 aromatic carbocycles. The highest BCUT2D eigenvalue weighted by atomic mass is 16.2. The third-order valence-corrected chi connectivity index (χ3v) is 5.19. The molecule has 1 amide bonds. The van der Waals surface area contributed by atoms with Crippen LogP contribution < -0.4 is 10.2 Å². The molecule has 7 nitrogen and oxygen atoms in total. The number of carbonyl (C=O) groups is 1. The van der Waals surface area contributed by atoms with E-state index in [2.05, 4.69) is 51.1 Å². The fraction of sp³-hybridized carbons (Fsp3) is 0.273. The number of piperazine rings is 1. The second-order valence-corrected chi connectivity index (χ2v) is 7.18. The number of pyridine rings is 1. The Balaban J connectivity index is 1.36. The average molecular weight is 388 g/mol. The van der Waals surface area contributed by atoms with Crippen molar-refractivity contribution in [3.05, 3.63) is 71.8 Å². The fourth-order valence-electron chi connectivity index (χ4n) is 3.31. The number of nitrogens with one attached hydrogen (secondary N) is 1. The van der Waals surface area contributed by atoms with Crippen LogP contribution >= 0.6 is 0 Å². The van der Waals surface area contributed by atoms with Crippen molar-refractivity contribution in [1.82, 2.24) is 19.9 Å². The molecular weight excluding hydrogens is 364 g/mol. The number of amides is 1. The van der Waals surface area contributed by atoms with Gasteiger partial charge >= 0.3 is 0 Å². The molecule has 0 aliphatic carbocycles. The molecule has 1 saturated heterocycles. The van der Waals surface area contributed by atoms with E-state index in [4.69, 9.17) is 0 Å². The zero-order chi connectivity index (χ0) is 20.2. The molecule has 3 aromatic rings. The van der Waals surface area contributed by atoms with Gasteiger partial charge in [0.2, 0.25) is 0 Å². The van der Waals surface area contributed by atoms with Gasteiger partial charge in [-0.15, -0.1) is 0 Å². The summed E-state index contributed by atoms with van der Waals surface area (Å²) in [5.74, 6) is 1.47. The van der Waals surface area contributed by atoms with E-state index in [0.717, 1.165) is 24.6 Å². The first-order valence-electron chi connectivity index (χ1n) is 9.72. The van der Waals surface area contributed by atoms with E-state index < -0.39 is 0 Å². The predicted molar refractivity (Wildman–Crippen MR) is 114 cm³/mol. The van der Waals surface area contributed by atoms with Crippen molar-refractivity contribution in [2.24, 2.45) is 0 Å². The largest absolute Gasteiger partial charge is 0.353 e. The van der Waals surface area contributed by atoms with Crippen molar-refractivity contribution in [1.29, 1.82) is 0 Å². The third-order valence-electron chi connectivity index (χ3n) is 5.19. The number of nitrogens with zero attached hydrogens (tertiary/aromatic N) is 5. The van der Waals surface area contributed by atoms with Gasteiger partial charge in [0.25, 0.3) is 5.91 Å². The van der Waals surface area contributed by atoms with Crippen molar-refractivity contribution < 1.29 is 4.79 Å². The molecule has 0 unspecified atom stereocenters. The van der Waals surface area contributed by atoms with E-state index in [0.29, 0.717) is 24.6 Å². The maximum Gasteiger partial charge on any atom is 0.274 e.